The first kappa shape index (κ1) is 24.2. The van der Waals surface area contributed by atoms with Crippen LogP contribution in [-0.4, -0.2) is 47.3 Å². The molecule has 0 bridgehead atoms. The molecule has 0 aromatic heterocycles. The molecule has 2 aliphatic rings. The highest BCUT2D eigenvalue weighted by Gasteiger charge is 2.47. The van der Waals surface area contributed by atoms with E-state index in [0.717, 1.165) is 0 Å². The van der Waals surface area contributed by atoms with Crippen molar-refractivity contribution in [2.75, 3.05) is 19.6 Å². The van der Waals surface area contributed by atoms with E-state index in [-0.39, 0.29) is 30.8 Å². The van der Waals surface area contributed by atoms with E-state index in [2.05, 4.69) is 17.2 Å². The Morgan fingerprint density at radius 3 is 2.60 bits per heavy atom. The smallest absolute Gasteiger partial charge is 0.322 e. The number of nitrogens with one attached hydrogen (secondary N) is 2. The molecular formula is C27H29FN4O3. The second-order valence-electron chi connectivity index (χ2n) is 9.08. The van der Waals surface area contributed by atoms with Crippen LogP contribution < -0.4 is 10.6 Å². The quantitative estimate of drug-likeness (QED) is 0.571. The first-order valence-electron chi connectivity index (χ1n) is 11.6. The van der Waals surface area contributed by atoms with E-state index in [4.69, 9.17) is 0 Å². The van der Waals surface area contributed by atoms with Gasteiger partial charge in [0.05, 0.1) is 23.9 Å². The van der Waals surface area contributed by atoms with Crippen LogP contribution in [0.25, 0.3) is 0 Å². The lowest BCUT2D eigenvalue weighted by molar-refractivity contribution is -0.136. The Kier molecular flexibility index (Phi) is 7.00. The molecule has 2 N–H and O–H groups in total. The summed E-state index contributed by atoms with van der Waals surface area (Å²) in [5, 5.41) is 5.77. The zero-order valence-corrected chi connectivity index (χ0v) is 19.8. The normalized spacial score (nSPS) is 18.5. The summed E-state index contributed by atoms with van der Waals surface area (Å²) in [6.07, 6.45) is 1.57. The SMILES string of the molecule is C=CCN1C(=O)N[C@H](c2cccc(F)c2)C2=C1CN([C@@H](C(=O)NCC(C)C)c1ccccc1)C2=O. The molecule has 4 rings (SSSR count). The Morgan fingerprint density at radius 1 is 1.20 bits per heavy atom. The van der Waals surface area contributed by atoms with Crippen LogP contribution in [0.2, 0.25) is 0 Å². The third-order valence-electron chi connectivity index (χ3n) is 6.10. The van der Waals surface area contributed by atoms with Crippen molar-refractivity contribution in [1.82, 2.24) is 20.4 Å². The maximum atomic E-state index is 14.0. The van der Waals surface area contributed by atoms with Gasteiger partial charge in [-0.05, 0) is 29.2 Å². The van der Waals surface area contributed by atoms with Gasteiger partial charge in [-0.2, -0.15) is 0 Å². The molecule has 35 heavy (non-hydrogen) atoms. The van der Waals surface area contributed by atoms with Crippen LogP contribution in [0.5, 0.6) is 0 Å². The van der Waals surface area contributed by atoms with Crippen LogP contribution in [0.4, 0.5) is 9.18 Å². The molecule has 2 heterocycles. The first-order chi connectivity index (χ1) is 16.8. The van der Waals surface area contributed by atoms with Crippen LogP contribution in [0.1, 0.15) is 37.1 Å². The minimum atomic E-state index is -0.887. The summed E-state index contributed by atoms with van der Waals surface area (Å²) >= 11 is 0. The number of rotatable bonds is 8. The molecule has 8 heteroatoms. The second kappa shape index (κ2) is 10.1. The van der Waals surface area contributed by atoms with Crippen LogP contribution in [-0.2, 0) is 9.59 Å². The largest absolute Gasteiger partial charge is 0.354 e. The number of nitrogens with zero attached hydrogens (tertiary/aromatic N) is 2. The Hall–Kier alpha value is -3.94. The molecule has 0 unspecified atom stereocenters. The third kappa shape index (κ3) is 4.82. The van der Waals surface area contributed by atoms with Crippen molar-refractivity contribution in [3.8, 4) is 0 Å². The zero-order valence-electron chi connectivity index (χ0n) is 19.8. The van der Waals surface area contributed by atoms with Gasteiger partial charge in [0.1, 0.15) is 11.9 Å². The topological polar surface area (TPSA) is 81.8 Å². The van der Waals surface area contributed by atoms with Crippen molar-refractivity contribution in [2.24, 2.45) is 5.92 Å². The molecule has 4 amide bonds. The van der Waals surface area contributed by atoms with E-state index in [9.17, 15) is 18.8 Å². The number of amides is 4. The fourth-order valence-corrected chi connectivity index (χ4v) is 4.49. The molecular weight excluding hydrogens is 447 g/mol. The van der Waals surface area contributed by atoms with Gasteiger partial charge in [-0.1, -0.05) is 62.4 Å². The molecule has 182 valence electrons. The van der Waals surface area contributed by atoms with Gasteiger partial charge in [0.15, 0.2) is 0 Å². The number of hydrogen-bond acceptors (Lipinski definition) is 3. The predicted octanol–water partition coefficient (Wildman–Crippen LogP) is 3.69. The Labute approximate surface area is 204 Å². The Bertz CT molecular complexity index is 1180. The maximum Gasteiger partial charge on any atom is 0.322 e. The van der Waals surface area contributed by atoms with Crippen LogP contribution in [0.3, 0.4) is 0 Å². The van der Waals surface area contributed by atoms with E-state index in [1.807, 2.05) is 32.0 Å². The summed E-state index contributed by atoms with van der Waals surface area (Å²) in [5.74, 6) is -0.907. The van der Waals surface area contributed by atoms with Crippen LogP contribution in [0, 0.1) is 11.7 Å². The second-order valence-corrected chi connectivity index (χ2v) is 9.08. The molecule has 2 aromatic carbocycles. The lowest BCUT2D eigenvalue weighted by atomic mass is 9.95. The molecule has 2 aromatic rings. The highest BCUT2D eigenvalue weighted by Crippen LogP contribution is 2.39. The molecule has 2 aliphatic heterocycles. The fourth-order valence-electron chi connectivity index (χ4n) is 4.49. The number of urea groups is 1. The maximum absolute atomic E-state index is 14.0. The molecule has 0 fully saturated rings. The van der Waals surface area contributed by atoms with E-state index in [1.165, 1.54) is 28.0 Å². The molecule has 0 saturated carbocycles. The highest BCUT2D eigenvalue weighted by molar-refractivity contribution is 6.03. The molecule has 0 radical (unpaired) electrons. The zero-order chi connectivity index (χ0) is 25.1. The van der Waals surface area contributed by atoms with Crippen molar-refractivity contribution in [2.45, 2.75) is 25.9 Å². The van der Waals surface area contributed by atoms with Gasteiger partial charge in [-0.15, -0.1) is 6.58 Å². The van der Waals surface area contributed by atoms with Gasteiger partial charge in [-0.3, -0.25) is 14.5 Å². The lowest BCUT2D eigenvalue weighted by Crippen LogP contribution is -2.47. The third-order valence-corrected chi connectivity index (χ3v) is 6.10. The number of carbonyl (C=O) groups is 3. The number of benzene rings is 2. The number of carbonyl (C=O) groups excluding carboxylic acids is 3. The van der Waals surface area contributed by atoms with Crippen LogP contribution >= 0.6 is 0 Å². The molecule has 2 atom stereocenters. The summed E-state index contributed by atoms with van der Waals surface area (Å²) in [6, 6.07) is 12.8. The summed E-state index contributed by atoms with van der Waals surface area (Å²) in [5.41, 5.74) is 1.94. The molecule has 0 spiro atoms. The van der Waals surface area contributed by atoms with Gasteiger partial charge in [0, 0.05) is 13.1 Å². The summed E-state index contributed by atoms with van der Waals surface area (Å²) in [7, 11) is 0. The molecule has 0 saturated heterocycles. The average molecular weight is 477 g/mol. The van der Waals surface area contributed by atoms with Crippen molar-refractivity contribution in [3.05, 3.63) is 95.5 Å². The van der Waals surface area contributed by atoms with Crippen LogP contribution in [0.15, 0.2) is 78.5 Å². The van der Waals surface area contributed by atoms with Crippen molar-refractivity contribution < 1.29 is 18.8 Å². The van der Waals surface area contributed by atoms with E-state index >= 15 is 0 Å². The average Bonchev–Trinajstić information content (AvgIpc) is 3.17. The Balaban J connectivity index is 1.77. The minimum absolute atomic E-state index is 0.0654. The lowest BCUT2D eigenvalue weighted by Gasteiger charge is -2.33. The summed E-state index contributed by atoms with van der Waals surface area (Å²) in [6.45, 7) is 8.43. The van der Waals surface area contributed by atoms with Gasteiger partial charge in [0.25, 0.3) is 5.91 Å². The number of hydrogen-bond donors (Lipinski definition) is 2. The van der Waals surface area contributed by atoms with E-state index < -0.39 is 23.9 Å². The van der Waals surface area contributed by atoms with Gasteiger partial charge in [-0.25, -0.2) is 9.18 Å². The predicted molar refractivity (Wildman–Crippen MR) is 130 cm³/mol. The standard InChI is InChI=1S/C27H29FN4O3/c1-4-13-31-21-16-32(24(18-9-6-5-7-10-18)25(33)29-15-17(2)3)26(34)22(21)23(30-27(31)35)19-11-8-12-20(28)14-19/h4-12,14,17,23-24H,1,13,15-16H2,2-3H3,(H,29,33)(H,30,35)/t23-,24-/m1/s1. The van der Waals surface area contributed by atoms with Gasteiger partial charge >= 0.3 is 6.03 Å². The summed E-state index contributed by atoms with van der Waals surface area (Å²) < 4.78 is 14.0. The number of halogens is 1. The minimum Gasteiger partial charge on any atom is -0.354 e. The molecule has 7 nitrogen and oxygen atoms in total. The summed E-state index contributed by atoms with van der Waals surface area (Å²) in [4.78, 5) is 43.2. The van der Waals surface area contributed by atoms with E-state index in [1.54, 1.807) is 24.3 Å². The van der Waals surface area contributed by atoms with E-state index in [0.29, 0.717) is 28.9 Å². The Morgan fingerprint density at radius 2 is 1.94 bits per heavy atom. The van der Waals surface area contributed by atoms with Crippen molar-refractivity contribution >= 4 is 17.8 Å². The monoisotopic (exact) mass is 476 g/mol. The first-order valence-corrected chi connectivity index (χ1v) is 11.6. The van der Waals surface area contributed by atoms with Crippen molar-refractivity contribution in [3.63, 3.8) is 0 Å². The fraction of sp³-hybridized carbons (Fsp3) is 0.296. The van der Waals surface area contributed by atoms with Gasteiger partial charge in [0.2, 0.25) is 5.91 Å². The van der Waals surface area contributed by atoms with Gasteiger partial charge < -0.3 is 15.5 Å². The highest BCUT2D eigenvalue weighted by atomic mass is 19.1. The van der Waals surface area contributed by atoms with Crippen molar-refractivity contribution in [1.29, 1.82) is 0 Å². The molecule has 0 aliphatic carbocycles.